The normalized spacial score (nSPS) is 16.8. The Bertz CT molecular complexity index is 1050. The molecule has 10 heteroatoms. The van der Waals surface area contributed by atoms with Crippen molar-refractivity contribution < 1.29 is 9.53 Å². The number of piperidine rings is 1. The standard InChI is InChI=1S/C19H24N8O2/c1-12-10-13(2)27-19(22-12)23-15(24-27)18(28)26-9-5-6-14(11-26)29-17-16(25(3)4)20-7-8-21-17/h7-8,10,14H,5-6,9,11H2,1-4H3. The molecule has 3 aromatic heterocycles. The molecule has 152 valence electrons. The van der Waals surface area contributed by atoms with Crippen LogP contribution in [-0.4, -0.2) is 73.6 Å². The topological polar surface area (TPSA) is 102 Å². The summed E-state index contributed by atoms with van der Waals surface area (Å²) in [6.45, 7) is 4.90. The molecule has 3 aromatic rings. The maximum absolute atomic E-state index is 13.0. The highest BCUT2D eigenvalue weighted by Gasteiger charge is 2.29. The molecule has 1 aliphatic rings. The van der Waals surface area contributed by atoms with E-state index in [1.807, 2.05) is 38.9 Å². The van der Waals surface area contributed by atoms with E-state index >= 15 is 0 Å². The third kappa shape index (κ3) is 3.82. The fraction of sp³-hybridized carbons (Fsp3) is 0.474. The largest absolute Gasteiger partial charge is 0.470 e. The Morgan fingerprint density at radius 3 is 2.79 bits per heavy atom. The maximum Gasteiger partial charge on any atom is 0.293 e. The highest BCUT2D eigenvalue weighted by atomic mass is 16.5. The molecular formula is C19H24N8O2. The quantitative estimate of drug-likeness (QED) is 0.650. The maximum atomic E-state index is 13.0. The van der Waals surface area contributed by atoms with Crippen molar-refractivity contribution in [2.45, 2.75) is 32.8 Å². The van der Waals surface area contributed by atoms with Gasteiger partial charge in [-0.15, -0.1) is 5.10 Å². The van der Waals surface area contributed by atoms with Crippen molar-refractivity contribution in [3.05, 3.63) is 35.7 Å². The van der Waals surface area contributed by atoms with Crippen LogP contribution in [0.1, 0.15) is 34.8 Å². The summed E-state index contributed by atoms with van der Waals surface area (Å²) in [5.41, 5.74) is 1.73. The van der Waals surface area contributed by atoms with Gasteiger partial charge in [0.05, 0.1) is 6.54 Å². The zero-order chi connectivity index (χ0) is 20.5. The van der Waals surface area contributed by atoms with E-state index in [2.05, 4.69) is 25.0 Å². The van der Waals surface area contributed by atoms with E-state index < -0.39 is 0 Å². The van der Waals surface area contributed by atoms with Crippen molar-refractivity contribution in [2.24, 2.45) is 0 Å². The highest BCUT2D eigenvalue weighted by molar-refractivity contribution is 5.91. The molecular weight excluding hydrogens is 372 g/mol. The molecule has 0 N–H and O–H groups in total. The smallest absolute Gasteiger partial charge is 0.293 e. The van der Waals surface area contributed by atoms with Gasteiger partial charge in [-0.3, -0.25) is 4.79 Å². The van der Waals surface area contributed by atoms with Gasteiger partial charge < -0.3 is 14.5 Å². The Morgan fingerprint density at radius 1 is 1.21 bits per heavy atom. The third-order valence-corrected chi connectivity index (χ3v) is 4.82. The zero-order valence-electron chi connectivity index (χ0n) is 17.0. The summed E-state index contributed by atoms with van der Waals surface area (Å²) in [5.74, 6) is 1.51. The molecule has 1 unspecified atom stereocenters. The number of ether oxygens (including phenoxy) is 1. The molecule has 1 atom stereocenters. The molecule has 1 saturated heterocycles. The van der Waals surface area contributed by atoms with E-state index in [4.69, 9.17) is 4.74 Å². The summed E-state index contributed by atoms with van der Waals surface area (Å²) in [4.78, 5) is 33.9. The van der Waals surface area contributed by atoms with Crippen molar-refractivity contribution in [3.8, 4) is 5.88 Å². The van der Waals surface area contributed by atoms with E-state index in [1.54, 1.807) is 21.8 Å². The fourth-order valence-corrected chi connectivity index (χ4v) is 3.48. The number of amides is 1. The van der Waals surface area contributed by atoms with Crippen molar-refractivity contribution in [1.29, 1.82) is 0 Å². The van der Waals surface area contributed by atoms with Gasteiger partial charge in [-0.1, -0.05) is 0 Å². The molecule has 1 fully saturated rings. The molecule has 0 saturated carbocycles. The van der Waals surface area contributed by atoms with Crippen LogP contribution in [0.25, 0.3) is 5.78 Å². The Kier molecular flexibility index (Phi) is 4.99. The number of carbonyl (C=O) groups excluding carboxylic acids is 1. The minimum atomic E-state index is -0.215. The monoisotopic (exact) mass is 396 g/mol. The van der Waals surface area contributed by atoms with Crippen molar-refractivity contribution >= 4 is 17.5 Å². The van der Waals surface area contributed by atoms with Crippen LogP contribution in [-0.2, 0) is 0 Å². The van der Waals surface area contributed by atoms with E-state index in [0.717, 1.165) is 24.2 Å². The lowest BCUT2D eigenvalue weighted by molar-refractivity contribution is 0.0518. The Morgan fingerprint density at radius 2 is 2.00 bits per heavy atom. The number of hydrogen-bond donors (Lipinski definition) is 0. The first-order chi connectivity index (χ1) is 13.9. The molecule has 0 radical (unpaired) electrons. The summed E-state index contributed by atoms with van der Waals surface area (Å²) in [7, 11) is 3.78. The average molecular weight is 396 g/mol. The fourth-order valence-electron chi connectivity index (χ4n) is 3.48. The molecule has 4 rings (SSSR count). The molecule has 0 aliphatic carbocycles. The lowest BCUT2D eigenvalue weighted by Gasteiger charge is -2.32. The minimum absolute atomic E-state index is 0.153. The Labute approximate surface area is 168 Å². The van der Waals surface area contributed by atoms with E-state index in [0.29, 0.717) is 30.6 Å². The number of likely N-dealkylation sites (tertiary alicyclic amines) is 1. The van der Waals surface area contributed by atoms with Crippen LogP contribution in [0, 0.1) is 13.8 Å². The first-order valence-electron chi connectivity index (χ1n) is 9.57. The second-order valence-corrected chi connectivity index (χ2v) is 7.40. The summed E-state index contributed by atoms with van der Waals surface area (Å²) in [6, 6.07) is 1.91. The van der Waals surface area contributed by atoms with Gasteiger partial charge in [-0.2, -0.15) is 4.98 Å². The lowest BCUT2D eigenvalue weighted by Crippen LogP contribution is -2.45. The average Bonchev–Trinajstić information content (AvgIpc) is 3.12. The number of aryl methyl sites for hydroxylation is 2. The number of rotatable bonds is 4. The summed E-state index contributed by atoms with van der Waals surface area (Å²) < 4.78 is 7.69. The van der Waals surface area contributed by atoms with Crippen LogP contribution in [0.15, 0.2) is 18.5 Å². The van der Waals surface area contributed by atoms with Crippen LogP contribution < -0.4 is 9.64 Å². The van der Waals surface area contributed by atoms with Crippen LogP contribution in [0.4, 0.5) is 5.82 Å². The highest BCUT2D eigenvalue weighted by Crippen LogP contribution is 2.24. The van der Waals surface area contributed by atoms with Gasteiger partial charge in [0.25, 0.3) is 17.6 Å². The van der Waals surface area contributed by atoms with Gasteiger partial charge >= 0.3 is 0 Å². The van der Waals surface area contributed by atoms with Crippen LogP contribution in [0.5, 0.6) is 5.88 Å². The summed E-state index contributed by atoms with van der Waals surface area (Å²) in [6.07, 6.45) is 4.74. The number of anilines is 1. The molecule has 10 nitrogen and oxygen atoms in total. The van der Waals surface area contributed by atoms with Gasteiger partial charge in [0, 0.05) is 44.4 Å². The van der Waals surface area contributed by atoms with Crippen molar-refractivity contribution in [2.75, 3.05) is 32.1 Å². The molecule has 1 amide bonds. The van der Waals surface area contributed by atoms with E-state index in [1.165, 1.54) is 0 Å². The Balaban J connectivity index is 1.51. The van der Waals surface area contributed by atoms with Gasteiger partial charge in [0.1, 0.15) is 6.10 Å². The minimum Gasteiger partial charge on any atom is -0.470 e. The predicted molar refractivity (Wildman–Crippen MR) is 106 cm³/mol. The molecule has 29 heavy (non-hydrogen) atoms. The van der Waals surface area contributed by atoms with Gasteiger partial charge in [0.15, 0.2) is 5.82 Å². The number of aromatic nitrogens is 6. The third-order valence-electron chi connectivity index (χ3n) is 4.82. The molecule has 4 heterocycles. The summed E-state index contributed by atoms with van der Waals surface area (Å²) in [5, 5.41) is 4.36. The number of fused-ring (bicyclic) bond motifs is 1. The van der Waals surface area contributed by atoms with Crippen molar-refractivity contribution in [1.82, 2.24) is 34.4 Å². The van der Waals surface area contributed by atoms with Crippen molar-refractivity contribution in [3.63, 3.8) is 0 Å². The zero-order valence-corrected chi connectivity index (χ0v) is 17.0. The van der Waals surface area contributed by atoms with E-state index in [-0.39, 0.29) is 17.8 Å². The molecule has 0 aromatic carbocycles. The first-order valence-corrected chi connectivity index (χ1v) is 9.57. The van der Waals surface area contributed by atoms with E-state index in [9.17, 15) is 4.79 Å². The van der Waals surface area contributed by atoms with Crippen LogP contribution >= 0.6 is 0 Å². The van der Waals surface area contributed by atoms with Gasteiger partial charge in [-0.05, 0) is 32.8 Å². The number of hydrogen-bond acceptors (Lipinski definition) is 8. The second-order valence-electron chi connectivity index (χ2n) is 7.40. The first kappa shape index (κ1) is 19.0. The summed E-state index contributed by atoms with van der Waals surface area (Å²) >= 11 is 0. The van der Waals surface area contributed by atoms with Gasteiger partial charge in [-0.25, -0.2) is 19.5 Å². The molecule has 0 bridgehead atoms. The Hall–Kier alpha value is -3.30. The molecule has 1 aliphatic heterocycles. The molecule has 0 spiro atoms. The van der Waals surface area contributed by atoms with Crippen LogP contribution in [0.3, 0.4) is 0 Å². The number of carbonyl (C=O) groups is 1. The van der Waals surface area contributed by atoms with Crippen LogP contribution in [0.2, 0.25) is 0 Å². The number of nitrogens with zero attached hydrogens (tertiary/aromatic N) is 8. The predicted octanol–water partition coefficient (Wildman–Crippen LogP) is 1.28. The van der Waals surface area contributed by atoms with Gasteiger partial charge in [0.2, 0.25) is 5.82 Å². The second kappa shape index (κ2) is 7.61. The lowest BCUT2D eigenvalue weighted by atomic mass is 10.1. The SMILES string of the molecule is Cc1cc(C)n2nc(C(=O)N3CCCC(Oc4nccnc4N(C)C)C3)nc2n1.